The third-order valence-corrected chi connectivity index (χ3v) is 4.94. The summed E-state index contributed by atoms with van der Waals surface area (Å²) < 4.78 is 28.0. The van der Waals surface area contributed by atoms with Crippen molar-refractivity contribution in [3.63, 3.8) is 0 Å². The van der Waals surface area contributed by atoms with E-state index < -0.39 is 11.6 Å². The van der Waals surface area contributed by atoms with Crippen LogP contribution in [0.5, 0.6) is 0 Å². The average Bonchev–Trinajstić information content (AvgIpc) is 3.27. The van der Waals surface area contributed by atoms with E-state index in [1.807, 2.05) is 18.2 Å². The molecule has 1 N–H and O–H groups in total. The molecule has 21 heavy (non-hydrogen) atoms. The highest BCUT2D eigenvalue weighted by atomic mass is 79.9. The van der Waals surface area contributed by atoms with Gasteiger partial charge in [-0.25, -0.2) is 8.78 Å². The smallest absolute Gasteiger partial charge is 0.137 e. The van der Waals surface area contributed by atoms with Crippen molar-refractivity contribution in [2.75, 3.05) is 0 Å². The predicted octanol–water partition coefficient (Wildman–Crippen LogP) is 5.13. The molecule has 0 saturated heterocycles. The highest BCUT2D eigenvalue weighted by molar-refractivity contribution is 9.10. The molecular formula is C16H14BrF2NS. The minimum Gasteiger partial charge on any atom is -0.310 e. The van der Waals surface area contributed by atoms with Crippen LogP contribution in [0.4, 0.5) is 8.78 Å². The maximum absolute atomic E-state index is 13.8. The average molecular weight is 370 g/mol. The van der Waals surface area contributed by atoms with Gasteiger partial charge in [-0.15, -0.1) is 0 Å². The van der Waals surface area contributed by atoms with E-state index in [1.54, 1.807) is 0 Å². The summed E-state index contributed by atoms with van der Waals surface area (Å²) in [6.45, 7) is 0.739. The molecule has 0 aliphatic heterocycles. The molecule has 1 aliphatic carbocycles. The lowest BCUT2D eigenvalue weighted by atomic mass is 10.2. The predicted molar refractivity (Wildman–Crippen MR) is 84.5 cm³/mol. The van der Waals surface area contributed by atoms with Crippen LogP contribution >= 0.6 is 27.7 Å². The molecule has 1 saturated carbocycles. The number of halogens is 3. The molecule has 110 valence electrons. The zero-order valence-corrected chi connectivity index (χ0v) is 13.6. The highest BCUT2D eigenvalue weighted by Gasteiger charge is 2.20. The fourth-order valence-electron chi connectivity index (χ4n) is 2.00. The lowest BCUT2D eigenvalue weighted by Crippen LogP contribution is -2.15. The second-order valence-electron chi connectivity index (χ2n) is 5.08. The minimum absolute atomic E-state index is 0.310. The van der Waals surface area contributed by atoms with Gasteiger partial charge in [-0.05, 0) is 54.8 Å². The van der Waals surface area contributed by atoms with Gasteiger partial charge in [-0.3, -0.25) is 0 Å². The van der Waals surface area contributed by atoms with Crippen molar-refractivity contribution >= 4 is 27.7 Å². The van der Waals surface area contributed by atoms with Crippen LogP contribution in [0.1, 0.15) is 18.4 Å². The van der Waals surface area contributed by atoms with E-state index in [9.17, 15) is 8.78 Å². The summed E-state index contributed by atoms with van der Waals surface area (Å²) in [6, 6.07) is 10.0. The molecule has 1 fully saturated rings. The fraction of sp³-hybridized carbons (Fsp3) is 0.250. The van der Waals surface area contributed by atoms with Crippen LogP contribution in [0.15, 0.2) is 50.7 Å². The first-order chi connectivity index (χ1) is 10.1. The molecule has 1 aliphatic rings. The van der Waals surface area contributed by atoms with Gasteiger partial charge in [-0.1, -0.05) is 27.7 Å². The van der Waals surface area contributed by atoms with Crippen molar-refractivity contribution in [1.29, 1.82) is 0 Å². The second-order valence-corrected chi connectivity index (χ2v) is 7.08. The molecule has 0 heterocycles. The summed E-state index contributed by atoms with van der Waals surface area (Å²) in [6.07, 6.45) is 2.43. The van der Waals surface area contributed by atoms with Crippen molar-refractivity contribution in [3.8, 4) is 0 Å². The summed E-state index contributed by atoms with van der Waals surface area (Å²) in [5.41, 5.74) is 1.09. The van der Waals surface area contributed by atoms with Crippen molar-refractivity contribution < 1.29 is 8.78 Å². The van der Waals surface area contributed by atoms with Crippen molar-refractivity contribution in [2.45, 2.75) is 35.2 Å². The van der Waals surface area contributed by atoms with Crippen LogP contribution in [0.25, 0.3) is 0 Å². The van der Waals surface area contributed by atoms with Crippen LogP contribution in [0, 0.1) is 11.6 Å². The Labute approximate surface area is 135 Å². The first kappa shape index (κ1) is 15.0. The van der Waals surface area contributed by atoms with Crippen molar-refractivity contribution in [1.82, 2.24) is 5.32 Å². The summed E-state index contributed by atoms with van der Waals surface area (Å²) in [5.74, 6) is -0.820. The maximum Gasteiger partial charge on any atom is 0.137 e. The minimum atomic E-state index is -0.423. The Bertz CT molecular complexity index is 659. The number of hydrogen-bond acceptors (Lipinski definition) is 2. The van der Waals surface area contributed by atoms with E-state index in [0.717, 1.165) is 27.5 Å². The maximum atomic E-state index is 13.8. The van der Waals surface area contributed by atoms with Gasteiger partial charge in [0.05, 0.1) is 4.90 Å². The molecule has 0 spiro atoms. The van der Waals surface area contributed by atoms with E-state index in [2.05, 4.69) is 21.2 Å². The van der Waals surface area contributed by atoms with Crippen molar-refractivity contribution in [3.05, 3.63) is 58.1 Å². The summed E-state index contributed by atoms with van der Waals surface area (Å²) in [5, 5.41) is 3.45. The molecule has 0 aromatic heterocycles. The van der Waals surface area contributed by atoms with Gasteiger partial charge < -0.3 is 5.32 Å². The third-order valence-electron chi connectivity index (χ3n) is 3.29. The van der Waals surface area contributed by atoms with E-state index in [0.29, 0.717) is 10.9 Å². The van der Waals surface area contributed by atoms with Crippen molar-refractivity contribution in [2.24, 2.45) is 0 Å². The van der Waals surface area contributed by atoms with Crippen LogP contribution in [0.3, 0.4) is 0 Å². The molecule has 2 aromatic rings. The quantitative estimate of drug-likeness (QED) is 0.783. The number of hydrogen-bond donors (Lipinski definition) is 1. The van der Waals surface area contributed by atoms with Gasteiger partial charge in [0.2, 0.25) is 0 Å². The Balaban J connectivity index is 1.84. The first-order valence-electron chi connectivity index (χ1n) is 6.76. The standard InChI is InChI=1S/C16H14BrF2NS/c17-11-1-6-15(10(7-11)9-20-13-3-4-13)21-16-8-12(18)2-5-14(16)19/h1-2,5-8,13,20H,3-4,9H2. The second kappa shape index (κ2) is 6.46. The van der Waals surface area contributed by atoms with E-state index in [1.165, 1.54) is 36.7 Å². The normalized spacial score (nSPS) is 14.4. The van der Waals surface area contributed by atoms with Gasteiger partial charge in [0.25, 0.3) is 0 Å². The molecule has 0 amide bonds. The first-order valence-corrected chi connectivity index (χ1v) is 8.37. The SMILES string of the molecule is Fc1ccc(F)c(Sc2ccc(Br)cc2CNC2CC2)c1. The largest absolute Gasteiger partial charge is 0.310 e. The van der Waals surface area contributed by atoms with E-state index >= 15 is 0 Å². The Morgan fingerprint density at radius 3 is 2.67 bits per heavy atom. The lowest BCUT2D eigenvalue weighted by Gasteiger charge is -2.11. The number of nitrogens with one attached hydrogen (secondary N) is 1. The van der Waals surface area contributed by atoms with Crippen LogP contribution in [0.2, 0.25) is 0 Å². The molecule has 3 rings (SSSR count). The Hall–Kier alpha value is -0.910. The van der Waals surface area contributed by atoms with E-state index in [4.69, 9.17) is 0 Å². The third kappa shape index (κ3) is 4.05. The van der Waals surface area contributed by atoms with Gasteiger partial charge in [0.15, 0.2) is 0 Å². The Morgan fingerprint density at radius 1 is 1.10 bits per heavy atom. The Kier molecular flexibility index (Phi) is 4.62. The summed E-state index contributed by atoms with van der Waals surface area (Å²) >= 11 is 4.72. The highest BCUT2D eigenvalue weighted by Crippen LogP contribution is 2.34. The van der Waals surface area contributed by atoms with E-state index in [-0.39, 0.29) is 0 Å². The van der Waals surface area contributed by atoms with Gasteiger partial charge in [-0.2, -0.15) is 0 Å². The molecule has 0 bridgehead atoms. The summed E-state index contributed by atoms with van der Waals surface area (Å²) in [7, 11) is 0. The van der Waals surface area contributed by atoms with Gasteiger partial charge >= 0.3 is 0 Å². The van der Waals surface area contributed by atoms with Gasteiger partial charge in [0, 0.05) is 22.0 Å². The molecule has 5 heteroatoms. The zero-order chi connectivity index (χ0) is 14.8. The van der Waals surface area contributed by atoms with Gasteiger partial charge in [0.1, 0.15) is 11.6 Å². The monoisotopic (exact) mass is 369 g/mol. The topological polar surface area (TPSA) is 12.0 Å². The molecule has 0 radical (unpaired) electrons. The number of benzene rings is 2. The van der Waals surface area contributed by atoms with Crippen LogP contribution in [-0.4, -0.2) is 6.04 Å². The fourth-order valence-corrected chi connectivity index (χ4v) is 3.38. The molecule has 1 nitrogen and oxygen atoms in total. The molecule has 0 unspecified atom stereocenters. The molecule has 2 aromatic carbocycles. The lowest BCUT2D eigenvalue weighted by molar-refractivity contribution is 0.577. The Morgan fingerprint density at radius 2 is 1.90 bits per heavy atom. The van der Waals surface area contributed by atoms with Crippen LogP contribution in [-0.2, 0) is 6.54 Å². The summed E-state index contributed by atoms with van der Waals surface area (Å²) in [4.78, 5) is 1.25. The number of rotatable bonds is 5. The molecular weight excluding hydrogens is 356 g/mol. The van der Waals surface area contributed by atoms with Crippen LogP contribution < -0.4 is 5.32 Å². The molecule has 0 atom stereocenters. The zero-order valence-electron chi connectivity index (χ0n) is 11.2.